The van der Waals surface area contributed by atoms with Crippen LogP contribution in [0.4, 0.5) is 0 Å². The van der Waals surface area contributed by atoms with Crippen LogP contribution >= 0.6 is 23.2 Å². The molecule has 35 heavy (non-hydrogen) atoms. The van der Waals surface area contributed by atoms with Gasteiger partial charge >= 0.3 is 0 Å². The van der Waals surface area contributed by atoms with Gasteiger partial charge in [0, 0.05) is 63.3 Å². The maximum Gasteiger partial charge on any atom is 0.254 e. The molecule has 3 fully saturated rings. The largest absolute Gasteiger partial charge is 0.334 e. The number of nitrogens with one attached hydrogen (secondary N) is 1. The number of amides is 2. The van der Waals surface area contributed by atoms with E-state index in [1.54, 1.807) is 6.07 Å². The topological polar surface area (TPSA) is 55.9 Å². The summed E-state index contributed by atoms with van der Waals surface area (Å²) in [5.74, 6) is 0.116. The number of rotatable bonds is 5. The molecule has 0 spiro atoms. The van der Waals surface area contributed by atoms with E-state index in [0.717, 1.165) is 36.3 Å². The van der Waals surface area contributed by atoms with E-state index in [1.165, 1.54) is 6.42 Å². The minimum atomic E-state index is -0.266. The number of carbonyl (C=O) groups excluding carboxylic acids is 2. The summed E-state index contributed by atoms with van der Waals surface area (Å²) in [6, 6.07) is 12.3. The molecule has 2 aromatic rings. The Morgan fingerprint density at radius 2 is 1.77 bits per heavy atom. The molecule has 0 radical (unpaired) electrons. The van der Waals surface area contributed by atoms with Crippen LogP contribution in [0.15, 0.2) is 36.4 Å². The third-order valence-corrected chi connectivity index (χ3v) is 8.31. The Bertz CT molecular complexity index is 1120. The molecule has 2 amide bonds. The zero-order valence-electron chi connectivity index (χ0n) is 20.3. The monoisotopic (exact) mass is 514 g/mol. The smallest absolute Gasteiger partial charge is 0.254 e. The fraction of sp³-hybridized carbons (Fsp3) is 0.481. The highest BCUT2D eigenvalue weighted by molar-refractivity contribution is 6.42. The minimum Gasteiger partial charge on any atom is -0.334 e. The lowest BCUT2D eigenvalue weighted by molar-refractivity contribution is -0.136. The molecule has 2 aromatic carbocycles. The third kappa shape index (κ3) is 5.21. The maximum absolute atomic E-state index is 13.5. The van der Waals surface area contributed by atoms with Crippen LogP contribution in [0.2, 0.25) is 10.0 Å². The van der Waals surface area contributed by atoms with Gasteiger partial charge in [0.05, 0.1) is 16.1 Å². The van der Waals surface area contributed by atoms with Crippen molar-refractivity contribution in [3.05, 3.63) is 68.7 Å². The second kappa shape index (κ2) is 10.1. The molecule has 3 aliphatic heterocycles. The number of aryl methyl sites for hydroxylation is 2. The van der Waals surface area contributed by atoms with Crippen LogP contribution in [0.3, 0.4) is 0 Å². The number of carbonyl (C=O) groups is 2. The van der Waals surface area contributed by atoms with Crippen molar-refractivity contribution < 1.29 is 9.59 Å². The summed E-state index contributed by atoms with van der Waals surface area (Å²) in [5.41, 5.74) is 3.71. The van der Waals surface area contributed by atoms with E-state index in [9.17, 15) is 9.59 Å². The molecule has 5 rings (SSSR count). The van der Waals surface area contributed by atoms with Crippen molar-refractivity contribution in [1.82, 2.24) is 20.0 Å². The summed E-state index contributed by atoms with van der Waals surface area (Å²) in [7, 11) is 0. The van der Waals surface area contributed by atoms with Crippen LogP contribution in [0, 0.1) is 13.8 Å². The summed E-state index contributed by atoms with van der Waals surface area (Å²) in [6.07, 6.45) is 1.66. The van der Waals surface area contributed by atoms with Crippen molar-refractivity contribution >= 4 is 35.0 Å². The van der Waals surface area contributed by atoms with Crippen molar-refractivity contribution in [2.75, 3.05) is 39.3 Å². The Hall–Kier alpha value is -2.12. The van der Waals surface area contributed by atoms with Crippen molar-refractivity contribution in [3.63, 3.8) is 0 Å². The van der Waals surface area contributed by atoms with Crippen LogP contribution in [0.5, 0.6) is 0 Å². The first-order chi connectivity index (χ1) is 16.8. The Morgan fingerprint density at radius 3 is 2.43 bits per heavy atom. The van der Waals surface area contributed by atoms with Gasteiger partial charge in [0.2, 0.25) is 5.91 Å². The van der Waals surface area contributed by atoms with Gasteiger partial charge in [-0.25, -0.2) is 0 Å². The Labute approximate surface area is 217 Å². The molecule has 3 aliphatic rings. The predicted octanol–water partition coefficient (Wildman–Crippen LogP) is 4.07. The fourth-order valence-corrected chi connectivity index (χ4v) is 6.16. The number of hydrogen-bond donors (Lipinski definition) is 1. The molecule has 3 saturated heterocycles. The summed E-state index contributed by atoms with van der Waals surface area (Å²) in [6.45, 7) is 8.24. The molecule has 2 bridgehead atoms. The van der Waals surface area contributed by atoms with Gasteiger partial charge in [0.15, 0.2) is 0 Å². The first-order valence-electron chi connectivity index (χ1n) is 12.4. The van der Waals surface area contributed by atoms with Gasteiger partial charge in [-0.15, -0.1) is 0 Å². The van der Waals surface area contributed by atoms with E-state index in [4.69, 9.17) is 23.2 Å². The first-order valence-corrected chi connectivity index (χ1v) is 13.1. The van der Waals surface area contributed by atoms with Crippen LogP contribution in [-0.4, -0.2) is 77.9 Å². The lowest BCUT2D eigenvalue weighted by atomic mass is 10.00. The van der Waals surface area contributed by atoms with Crippen LogP contribution in [-0.2, 0) is 4.79 Å². The van der Waals surface area contributed by atoms with E-state index in [-0.39, 0.29) is 17.9 Å². The quantitative estimate of drug-likeness (QED) is 0.653. The molecule has 0 aromatic heterocycles. The van der Waals surface area contributed by atoms with Gasteiger partial charge in [0.1, 0.15) is 0 Å². The molecule has 0 unspecified atom stereocenters. The SMILES string of the molecule is Cc1cc(C)cc(C(=O)N2CCN(C(=O)CCN3C[C@H]4C[C@H]3CN4)[C@H](c3ccc(Cl)c(Cl)c3)C2)c1. The molecular weight excluding hydrogens is 483 g/mol. The summed E-state index contributed by atoms with van der Waals surface area (Å²) >= 11 is 12.5. The van der Waals surface area contributed by atoms with E-state index >= 15 is 0 Å². The highest BCUT2D eigenvalue weighted by atomic mass is 35.5. The van der Waals surface area contributed by atoms with E-state index in [2.05, 4.69) is 16.3 Å². The van der Waals surface area contributed by atoms with E-state index in [0.29, 0.717) is 53.7 Å². The van der Waals surface area contributed by atoms with Gasteiger partial charge < -0.3 is 15.1 Å². The number of benzene rings is 2. The summed E-state index contributed by atoms with van der Waals surface area (Å²) < 4.78 is 0. The average Bonchev–Trinajstić information content (AvgIpc) is 3.46. The molecule has 0 saturated carbocycles. The molecule has 6 nitrogen and oxygen atoms in total. The lowest BCUT2D eigenvalue weighted by Crippen LogP contribution is -2.53. The van der Waals surface area contributed by atoms with Gasteiger partial charge in [-0.1, -0.05) is 46.5 Å². The van der Waals surface area contributed by atoms with Crippen molar-refractivity contribution in [2.45, 2.75) is 44.8 Å². The molecular formula is C27H32Cl2N4O2. The predicted molar refractivity (Wildman–Crippen MR) is 139 cm³/mol. The Balaban J connectivity index is 1.34. The number of nitrogens with zero attached hydrogens (tertiary/aromatic N) is 3. The molecule has 3 atom stereocenters. The fourth-order valence-electron chi connectivity index (χ4n) is 5.86. The van der Waals surface area contributed by atoms with E-state index < -0.39 is 0 Å². The van der Waals surface area contributed by atoms with Crippen LogP contribution in [0.25, 0.3) is 0 Å². The molecule has 186 valence electrons. The number of piperazine rings is 2. The molecule has 0 aliphatic carbocycles. The number of fused-ring (bicyclic) bond motifs is 2. The van der Waals surface area contributed by atoms with Crippen molar-refractivity contribution in [3.8, 4) is 0 Å². The van der Waals surface area contributed by atoms with Crippen molar-refractivity contribution in [1.29, 1.82) is 0 Å². The summed E-state index contributed by atoms with van der Waals surface area (Å²) in [4.78, 5) is 33.1. The van der Waals surface area contributed by atoms with Crippen LogP contribution in [0.1, 0.15) is 45.9 Å². The molecule has 8 heteroatoms. The Morgan fingerprint density at radius 1 is 1.00 bits per heavy atom. The summed E-state index contributed by atoms with van der Waals surface area (Å²) in [5, 5.41) is 4.44. The van der Waals surface area contributed by atoms with Crippen LogP contribution < -0.4 is 5.32 Å². The molecule has 3 heterocycles. The second-order valence-corrected chi connectivity index (χ2v) is 11.0. The first kappa shape index (κ1) is 24.6. The Kier molecular flexibility index (Phi) is 7.09. The number of hydrogen-bond acceptors (Lipinski definition) is 4. The zero-order chi connectivity index (χ0) is 24.7. The maximum atomic E-state index is 13.5. The highest BCUT2D eigenvalue weighted by Crippen LogP contribution is 2.32. The number of likely N-dealkylation sites (tertiary alicyclic amines) is 1. The normalized spacial score (nSPS) is 24.3. The van der Waals surface area contributed by atoms with Gasteiger partial charge in [-0.05, 0) is 50.1 Å². The van der Waals surface area contributed by atoms with Gasteiger partial charge in [-0.3, -0.25) is 14.5 Å². The number of halogens is 2. The highest BCUT2D eigenvalue weighted by Gasteiger charge is 2.38. The standard InChI is InChI=1S/C27H32Cl2N4O2/c1-17-9-18(2)11-20(10-17)27(35)32-7-8-33(25(16-32)19-3-4-23(28)24(29)12-19)26(34)5-6-31-15-21-13-22(31)14-30-21/h3-4,9-12,21-22,25,30H,5-8,13-16H2,1-2H3/t21-,22+,25+/m1/s1. The van der Waals surface area contributed by atoms with Crippen molar-refractivity contribution in [2.24, 2.45) is 0 Å². The lowest BCUT2D eigenvalue weighted by Gasteiger charge is -2.42. The average molecular weight is 515 g/mol. The third-order valence-electron chi connectivity index (χ3n) is 7.57. The van der Waals surface area contributed by atoms with Gasteiger partial charge in [-0.2, -0.15) is 0 Å². The van der Waals surface area contributed by atoms with E-state index in [1.807, 2.05) is 47.9 Å². The van der Waals surface area contributed by atoms with Gasteiger partial charge in [0.25, 0.3) is 5.91 Å². The second-order valence-electron chi connectivity index (χ2n) is 10.1. The minimum absolute atomic E-state index is 0.00505. The zero-order valence-corrected chi connectivity index (χ0v) is 21.8. The molecule has 1 N–H and O–H groups in total.